The predicted octanol–water partition coefficient (Wildman–Crippen LogP) is 2.59. The SMILES string of the molecule is CC(C)(C)n1nc(C(=O)N2CCCC[C@@H]2C(=O)O)cc1C1CC1. The van der Waals surface area contributed by atoms with Crippen molar-refractivity contribution < 1.29 is 14.7 Å². The van der Waals surface area contributed by atoms with Crippen LogP contribution in [-0.4, -0.2) is 44.3 Å². The first-order valence-electron chi connectivity index (χ1n) is 8.43. The first-order valence-corrected chi connectivity index (χ1v) is 8.43. The third-order valence-electron chi connectivity index (χ3n) is 4.64. The van der Waals surface area contributed by atoms with Gasteiger partial charge in [0.15, 0.2) is 5.69 Å². The Morgan fingerprint density at radius 2 is 1.91 bits per heavy atom. The maximum atomic E-state index is 12.8. The molecular weight excluding hydrogens is 294 g/mol. The van der Waals surface area contributed by atoms with E-state index in [1.54, 1.807) is 0 Å². The molecule has 0 radical (unpaired) electrons. The van der Waals surface area contributed by atoms with E-state index in [0.717, 1.165) is 31.4 Å². The van der Waals surface area contributed by atoms with Crippen LogP contribution in [0.1, 0.15) is 75.0 Å². The molecule has 1 aromatic rings. The molecule has 1 saturated heterocycles. The molecule has 2 fully saturated rings. The number of piperidine rings is 1. The van der Waals surface area contributed by atoms with E-state index in [1.165, 1.54) is 4.90 Å². The van der Waals surface area contributed by atoms with Crippen molar-refractivity contribution in [2.45, 2.75) is 70.4 Å². The number of rotatable bonds is 3. The van der Waals surface area contributed by atoms with Gasteiger partial charge in [-0.05, 0) is 58.9 Å². The number of aromatic nitrogens is 2. The minimum absolute atomic E-state index is 0.190. The molecule has 2 aliphatic rings. The molecule has 1 aliphatic heterocycles. The molecule has 0 spiro atoms. The summed E-state index contributed by atoms with van der Waals surface area (Å²) >= 11 is 0. The molecule has 0 unspecified atom stereocenters. The van der Waals surface area contributed by atoms with Crippen molar-refractivity contribution in [1.29, 1.82) is 0 Å². The van der Waals surface area contributed by atoms with Gasteiger partial charge in [-0.25, -0.2) is 4.79 Å². The Labute approximate surface area is 136 Å². The minimum Gasteiger partial charge on any atom is -0.480 e. The molecule has 2 heterocycles. The first kappa shape index (κ1) is 16.0. The molecule has 23 heavy (non-hydrogen) atoms. The molecule has 3 rings (SSSR count). The topological polar surface area (TPSA) is 75.4 Å². The zero-order chi connectivity index (χ0) is 16.8. The summed E-state index contributed by atoms with van der Waals surface area (Å²) in [5, 5.41) is 13.9. The van der Waals surface area contributed by atoms with Crippen molar-refractivity contribution in [2.75, 3.05) is 6.54 Å². The van der Waals surface area contributed by atoms with Crippen LogP contribution in [0.5, 0.6) is 0 Å². The number of carboxylic acids is 1. The quantitative estimate of drug-likeness (QED) is 0.929. The van der Waals surface area contributed by atoms with Gasteiger partial charge in [0.1, 0.15) is 6.04 Å². The number of carbonyl (C=O) groups excluding carboxylic acids is 1. The van der Waals surface area contributed by atoms with E-state index < -0.39 is 12.0 Å². The highest BCUT2D eigenvalue weighted by molar-refractivity contribution is 5.95. The largest absolute Gasteiger partial charge is 0.480 e. The highest BCUT2D eigenvalue weighted by atomic mass is 16.4. The zero-order valence-corrected chi connectivity index (χ0v) is 14.1. The fourth-order valence-corrected chi connectivity index (χ4v) is 3.29. The Bertz CT molecular complexity index is 626. The van der Waals surface area contributed by atoms with E-state index >= 15 is 0 Å². The van der Waals surface area contributed by atoms with Crippen LogP contribution in [-0.2, 0) is 10.3 Å². The van der Waals surface area contributed by atoms with Crippen LogP contribution in [0.4, 0.5) is 0 Å². The molecule has 0 aromatic carbocycles. The number of carbonyl (C=O) groups is 2. The number of hydrogen-bond donors (Lipinski definition) is 1. The van der Waals surface area contributed by atoms with E-state index in [4.69, 9.17) is 0 Å². The van der Waals surface area contributed by atoms with E-state index in [0.29, 0.717) is 24.6 Å². The van der Waals surface area contributed by atoms with Crippen molar-refractivity contribution in [3.8, 4) is 0 Å². The van der Waals surface area contributed by atoms with Crippen LogP contribution in [0.2, 0.25) is 0 Å². The van der Waals surface area contributed by atoms with Crippen LogP contribution < -0.4 is 0 Å². The Balaban J connectivity index is 1.91. The van der Waals surface area contributed by atoms with Crippen LogP contribution in [0.3, 0.4) is 0 Å². The van der Waals surface area contributed by atoms with Crippen molar-refractivity contribution in [2.24, 2.45) is 0 Å². The van der Waals surface area contributed by atoms with Gasteiger partial charge in [-0.15, -0.1) is 0 Å². The average Bonchev–Trinajstić information content (AvgIpc) is 3.23. The standard InChI is InChI=1S/C17H25N3O3/c1-17(2,3)20-14(11-7-8-11)10-12(18-20)15(21)19-9-5-4-6-13(19)16(22)23/h10-11,13H,4-9H2,1-3H3,(H,22,23)/t13-/m1/s1. The minimum atomic E-state index is -0.921. The van der Waals surface area contributed by atoms with E-state index in [9.17, 15) is 14.7 Å². The van der Waals surface area contributed by atoms with Crippen LogP contribution in [0.15, 0.2) is 6.07 Å². The zero-order valence-electron chi connectivity index (χ0n) is 14.1. The Kier molecular flexibility index (Phi) is 3.94. The summed E-state index contributed by atoms with van der Waals surface area (Å²) in [6, 6.07) is 1.15. The summed E-state index contributed by atoms with van der Waals surface area (Å²) in [5.74, 6) is -0.683. The van der Waals surface area contributed by atoms with Gasteiger partial charge >= 0.3 is 5.97 Å². The van der Waals surface area contributed by atoms with Gasteiger partial charge in [-0.2, -0.15) is 5.10 Å². The van der Waals surface area contributed by atoms with Crippen molar-refractivity contribution in [1.82, 2.24) is 14.7 Å². The lowest BCUT2D eigenvalue weighted by Gasteiger charge is -2.32. The number of likely N-dealkylation sites (tertiary alicyclic amines) is 1. The van der Waals surface area contributed by atoms with E-state index in [-0.39, 0.29) is 11.4 Å². The molecule has 1 aromatic heterocycles. The smallest absolute Gasteiger partial charge is 0.326 e. The monoisotopic (exact) mass is 319 g/mol. The molecule has 0 bridgehead atoms. The van der Waals surface area contributed by atoms with Gasteiger partial charge in [-0.3, -0.25) is 9.48 Å². The average molecular weight is 319 g/mol. The summed E-state index contributed by atoms with van der Waals surface area (Å²) < 4.78 is 1.94. The van der Waals surface area contributed by atoms with Gasteiger partial charge in [0.05, 0.1) is 5.54 Å². The van der Waals surface area contributed by atoms with Gasteiger partial charge < -0.3 is 10.0 Å². The summed E-state index contributed by atoms with van der Waals surface area (Å²) in [7, 11) is 0. The fraction of sp³-hybridized carbons (Fsp3) is 0.706. The van der Waals surface area contributed by atoms with Crippen LogP contribution in [0, 0.1) is 0 Å². The molecule has 1 N–H and O–H groups in total. The Morgan fingerprint density at radius 1 is 1.22 bits per heavy atom. The van der Waals surface area contributed by atoms with Crippen LogP contribution >= 0.6 is 0 Å². The third-order valence-corrected chi connectivity index (χ3v) is 4.64. The summed E-state index contributed by atoms with van der Waals surface area (Å²) in [4.78, 5) is 25.8. The van der Waals surface area contributed by atoms with Gasteiger partial charge in [0.2, 0.25) is 0 Å². The van der Waals surface area contributed by atoms with E-state index in [2.05, 4.69) is 25.9 Å². The lowest BCUT2D eigenvalue weighted by Crippen LogP contribution is -2.48. The molecule has 6 heteroatoms. The summed E-state index contributed by atoms with van der Waals surface area (Å²) in [6.07, 6.45) is 4.50. The second kappa shape index (κ2) is 5.65. The summed E-state index contributed by atoms with van der Waals surface area (Å²) in [5.41, 5.74) is 1.30. The number of carboxylic acid groups (broad SMARTS) is 1. The number of amides is 1. The second-order valence-corrected chi connectivity index (χ2v) is 7.66. The molecule has 126 valence electrons. The third kappa shape index (κ3) is 3.12. The molecule has 1 atom stereocenters. The Hall–Kier alpha value is -1.85. The molecular formula is C17H25N3O3. The molecule has 1 amide bonds. The molecule has 1 aliphatic carbocycles. The van der Waals surface area contributed by atoms with Gasteiger partial charge in [0.25, 0.3) is 5.91 Å². The highest BCUT2D eigenvalue weighted by Gasteiger charge is 2.36. The van der Waals surface area contributed by atoms with Crippen LogP contribution in [0.25, 0.3) is 0 Å². The highest BCUT2D eigenvalue weighted by Crippen LogP contribution is 2.42. The predicted molar refractivity (Wildman–Crippen MR) is 85.5 cm³/mol. The summed E-state index contributed by atoms with van der Waals surface area (Å²) in [6.45, 7) is 6.71. The molecule has 1 saturated carbocycles. The van der Waals surface area contributed by atoms with E-state index in [1.807, 2.05) is 10.7 Å². The lowest BCUT2D eigenvalue weighted by atomic mass is 10.0. The Morgan fingerprint density at radius 3 is 2.48 bits per heavy atom. The van der Waals surface area contributed by atoms with Gasteiger partial charge in [-0.1, -0.05) is 0 Å². The number of hydrogen-bond acceptors (Lipinski definition) is 3. The first-order chi connectivity index (χ1) is 10.8. The number of nitrogens with zero attached hydrogens (tertiary/aromatic N) is 3. The maximum absolute atomic E-state index is 12.8. The van der Waals surface area contributed by atoms with Crippen molar-refractivity contribution in [3.63, 3.8) is 0 Å². The van der Waals surface area contributed by atoms with Crippen molar-refractivity contribution >= 4 is 11.9 Å². The number of aliphatic carboxylic acids is 1. The normalized spacial score (nSPS) is 22.2. The van der Waals surface area contributed by atoms with Gasteiger partial charge in [0, 0.05) is 18.2 Å². The lowest BCUT2D eigenvalue weighted by molar-refractivity contribution is -0.143. The maximum Gasteiger partial charge on any atom is 0.326 e. The second-order valence-electron chi connectivity index (χ2n) is 7.66. The fourth-order valence-electron chi connectivity index (χ4n) is 3.29. The van der Waals surface area contributed by atoms with Crippen molar-refractivity contribution in [3.05, 3.63) is 17.5 Å². The molecule has 6 nitrogen and oxygen atoms in total.